The molecule has 1 aliphatic carbocycles. The van der Waals surface area contributed by atoms with Gasteiger partial charge in [0.1, 0.15) is 0 Å². The fourth-order valence-corrected chi connectivity index (χ4v) is 4.28. The summed E-state index contributed by atoms with van der Waals surface area (Å²) in [7, 11) is 0. The molecular formula is C24H19F6NO4S. The van der Waals surface area contributed by atoms with E-state index >= 15 is 0 Å². The lowest BCUT2D eigenvalue weighted by Crippen LogP contribution is -2.21. The van der Waals surface area contributed by atoms with E-state index < -0.39 is 29.9 Å². The van der Waals surface area contributed by atoms with Crippen molar-refractivity contribution in [1.29, 1.82) is 0 Å². The average molecular weight is 531 g/mol. The zero-order valence-corrected chi connectivity index (χ0v) is 19.0. The van der Waals surface area contributed by atoms with Crippen LogP contribution in [0.5, 0.6) is 0 Å². The first-order valence-corrected chi connectivity index (χ1v) is 11.2. The Kier molecular flexibility index (Phi) is 7.97. The van der Waals surface area contributed by atoms with Crippen molar-refractivity contribution in [2.45, 2.75) is 31.2 Å². The van der Waals surface area contributed by atoms with E-state index in [-0.39, 0.29) is 11.8 Å². The van der Waals surface area contributed by atoms with Crippen molar-refractivity contribution >= 4 is 29.0 Å². The molecular weight excluding hydrogens is 512 g/mol. The van der Waals surface area contributed by atoms with Gasteiger partial charge in [-0.3, -0.25) is 4.79 Å². The molecule has 4 rings (SSSR count). The number of aliphatic carboxylic acids is 2. The number of benzene rings is 2. The molecule has 5 nitrogen and oxygen atoms in total. The topological polar surface area (TPSA) is 86.6 Å². The number of hydrogen-bond acceptors (Lipinski definition) is 4. The third-order valence-electron chi connectivity index (χ3n) is 5.31. The van der Waals surface area contributed by atoms with Gasteiger partial charge in [0.15, 0.2) is 0 Å². The van der Waals surface area contributed by atoms with Crippen molar-refractivity contribution in [3.05, 3.63) is 76.7 Å². The molecule has 1 unspecified atom stereocenters. The van der Waals surface area contributed by atoms with Crippen LogP contribution in [0.4, 0.5) is 32.0 Å². The number of alkyl halides is 6. The molecule has 1 saturated carbocycles. The molecule has 0 bridgehead atoms. The van der Waals surface area contributed by atoms with Gasteiger partial charge in [-0.05, 0) is 59.9 Å². The third-order valence-corrected chi connectivity index (χ3v) is 6.45. The lowest BCUT2D eigenvalue weighted by molar-refractivity contribution is -0.192. The maximum absolute atomic E-state index is 12.7. The third kappa shape index (κ3) is 7.23. The first-order chi connectivity index (χ1) is 16.8. The minimum atomic E-state index is -5.08. The maximum Gasteiger partial charge on any atom is 0.490 e. The van der Waals surface area contributed by atoms with E-state index in [1.54, 1.807) is 0 Å². The molecule has 0 spiro atoms. The van der Waals surface area contributed by atoms with Crippen LogP contribution >= 0.6 is 11.3 Å². The van der Waals surface area contributed by atoms with E-state index in [0.717, 1.165) is 38.7 Å². The van der Waals surface area contributed by atoms with Crippen molar-refractivity contribution in [2.75, 3.05) is 5.32 Å². The van der Waals surface area contributed by atoms with Crippen LogP contribution in [-0.4, -0.2) is 28.3 Å². The van der Waals surface area contributed by atoms with Gasteiger partial charge in [-0.2, -0.15) is 26.3 Å². The second-order valence-electron chi connectivity index (χ2n) is 7.91. The maximum atomic E-state index is 12.7. The molecule has 36 heavy (non-hydrogen) atoms. The highest BCUT2D eigenvalue weighted by Gasteiger charge is 2.44. The summed E-state index contributed by atoms with van der Waals surface area (Å²) in [5, 5.41) is 19.5. The molecule has 192 valence electrons. The highest BCUT2D eigenvalue weighted by atomic mass is 32.1. The number of nitrogens with one attached hydrogen (secondary N) is 1. The first kappa shape index (κ1) is 27.1. The Morgan fingerprint density at radius 1 is 0.889 bits per heavy atom. The molecule has 0 aliphatic heterocycles. The summed E-state index contributed by atoms with van der Waals surface area (Å²) in [6.45, 7) is 0.603. The van der Waals surface area contributed by atoms with Crippen molar-refractivity contribution < 1.29 is 46.1 Å². The van der Waals surface area contributed by atoms with Crippen LogP contribution in [0, 0.1) is 5.92 Å². The summed E-state index contributed by atoms with van der Waals surface area (Å²) >= 11 is 1.53. The minimum Gasteiger partial charge on any atom is -0.481 e. The van der Waals surface area contributed by atoms with Crippen LogP contribution in [-0.2, 0) is 22.3 Å². The van der Waals surface area contributed by atoms with Gasteiger partial charge in [0.05, 0.1) is 11.5 Å². The fraction of sp³-hybridized carbons (Fsp3) is 0.250. The van der Waals surface area contributed by atoms with Crippen LogP contribution in [0.2, 0.25) is 0 Å². The lowest BCUT2D eigenvalue weighted by Gasteiger charge is -2.07. The molecule has 0 saturated heterocycles. The molecule has 2 atom stereocenters. The van der Waals surface area contributed by atoms with E-state index in [4.69, 9.17) is 15.0 Å². The molecule has 12 heteroatoms. The average Bonchev–Trinajstić information content (AvgIpc) is 3.48. The van der Waals surface area contributed by atoms with Gasteiger partial charge < -0.3 is 15.5 Å². The Hall–Kier alpha value is -3.54. The second-order valence-corrected chi connectivity index (χ2v) is 9.07. The first-order valence-electron chi connectivity index (χ1n) is 10.4. The lowest BCUT2D eigenvalue weighted by atomic mass is 10.1. The van der Waals surface area contributed by atoms with Crippen LogP contribution in [0.3, 0.4) is 0 Å². The number of anilines is 1. The standard InChI is InChI=1S/C22H18F3NO2S.C2HF3O2/c23-22(24,25)15-5-1-14(2-6-15)20-10-9-17(29-20)12-26-16-7-3-13(4-8-16)18-11-19(18)21(27)28;3-2(4,5)1(6)7/h1-10,18-19,26H,11-12H2,(H,27,28);(H,6,7)/t18?,19-;/m0./s1. The number of carboxylic acid groups (broad SMARTS) is 2. The Labute approximate surface area is 205 Å². The highest BCUT2D eigenvalue weighted by Crippen LogP contribution is 2.47. The van der Waals surface area contributed by atoms with Crippen molar-refractivity contribution in [3.63, 3.8) is 0 Å². The molecule has 0 amide bonds. The number of hydrogen-bond donors (Lipinski definition) is 3. The number of rotatable bonds is 6. The van der Waals surface area contributed by atoms with Gasteiger partial charge >= 0.3 is 24.3 Å². The zero-order chi connectivity index (χ0) is 26.7. The molecule has 3 N–H and O–H groups in total. The van der Waals surface area contributed by atoms with Crippen LogP contribution in [0.15, 0.2) is 60.7 Å². The predicted molar refractivity (Wildman–Crippen MR) is 121 cm³/mol. The van der Waals surface area contributed by atoms with Crippen molar-refractivity contribution in [2.24, 2.45) is 5.92 Å². The number of carboxylic acids is 2. The Morgan fingerprint density at radius 3 is 1.94 bits per heavy atom. The molecule has 1 heterocycles. The summed E-state index contributed by atoms with van der Waals surface area (Å²) in [6, 6.07) is 16.9. The number of halogens is 6. The smallest absolute Gasteiger partial charge is 0.481 e. The van der Waals surface area contributed by atoms with E-state index in [0.29, 0.717) is 13.0 Å². The van der Waals surface area contributed by atoms with Gasteiger partial charge in [-0.1, -0.05) is 24.3 Å². The molecule has 2 aromatic carbocycles. The van der Waals surface area contributed by atoms with E-state index in [1.807, 2.05) is 36.4 Å². The number of carbonyl (C=O) groups is 2. The zero-order valence-electron chi connectivity index (χ0n) is 18.2. The minimum absolute atomic E-state index is 0.116. The Balaban J connectivity index is 0.000000454. The SMILES string of the molecule is O=C(O)C(F)(F)F.O=C(O)[C@H]1CC1c1ccc(NCc2ccc(-c3ccc(C(F)(F)F)cc3)s2)cc1. The summed E-state index contributed by atoms with van der Waals surface area (Å²) < 4.78 is 69.8. The van der Waals surface area contributed by atoms with Gasteiger partial charge in [-0.25, -0.2) is 4.79 Å². The fourth-order valence-electron chi connectivity index (χ4n) is 3.33. The quantitative estimate of drug-likeness (QED) is 0.302. The Bertz CT molecular complexity index is 1200. The van der Waals surface area contributed by atoms with Gasteiger partial charge in [0, 0.05) is 22.0 Å². The summed E-state index contributed by atoms with van der Waals surface area (Å²) in [4.78, 5) is 21.9. The molecule has 1 aromatic heterocycles. The second kappa shape index (κ2) is 10.6. The molecule has 1 aliphatic rings. The Morgan fingerprint density at radius 2 is 1.47 bits per heavy atom. The van der Waals surface area contributed by atoms with Crippen molar-refractivity contribution in [3.8, 4) is 10.4 Å². The predicted octanol–water partition coefficient (Wildman–Crippen LogP) is 6.87. The van der Waals surface area contributed by atoms with Gasteiger partial charge in [-0.15, -0.1) is 11.3 Å². The number of thiophene rings is 1. The van der Waals surface area contributed by atoms with E-state index in [2.05, 4.69) is 5.32 Å². The summed E-state index contributed by atoms with van der Waals surface area (Å²) in [5.41, 5.74) is 2.09. The monoisotopic (exact) mass is 531 g/mol. The molecule has 0 radical (unpaired) electrons. The molecule has 1 fully saturated rings. The van der Waals surface area contributed by atoms with Gasteiger partial charge in [0.25, 0.3) is 0 Å². The largest absolute Gasteiger partial charge is 0.490 e. The summed E-state index contributed by atoms with van der Waals surface area (Å²) in [6.07, 6.45) is -8.71. The van der Waals surface area contributed by atoms with Crippen LogP contribution in [0.1, 0.15) is 28.3 Å². The van der Waals surface area contributed by atoms with Gasteiger partial charge in [0.2, 0.25) is 0 Å². The molecule has 3 aromatic rings. The van der Waals surface area contributed by atoms with Crippen LogP contribution < -0.4 is 5.32 Å². The van der Waals surface area contributed by atoms with Crippen molar-refractivity contribution in [1.82, 2.24) is 0 Å². The summed E-state index contributed by atoms with van der Waals surface area (Å²) in [5.74, 6) is -3.64. The van der Waals surface area contributed by atoms with Crippen LogP contribution in [0.25, 0.3) is 10.4 Å². The highest BCUT2D eigenvalue weighted by molar-refractivity contribution is 7.15. The van der Waals surface area contributed by atoms with E-state index in [1.165, 1.54) is 23.5 Å². The van der Waals surface area contributed by atoms with E-state index in [9.17, 15) is 31.1 Å². The normalized spacial score (nSPS) is 17.1.